The van der Waals surface area contributed by atoms with Gasteiger partial charge in [0.15, 0.2) is 5.11 Å². The number of benzene rings is 2. The zero-order valence-electron chi connectivity index (χ0n) is 14.1. The average molecular weight is 431 g/mol. The molecule has 0 unspecified atom stereocenters. The van der Waals surface area contributed by atoms with E-state index < -0.39 is 0 Å². The van der Waals surface area contributed by atoms with Gasteiger partial charge in [-0.15, -0.1) is 0 Å². The first kappa shape index (κ1) is 19.4. The first-order valence-corrected chi connectivity index (χ1v) is 9.61. The molecule has 0 atom stereocenters. The van der Waals surface area contributed by atoms with Gasteiger partial charge in [-0.1, -0.05) is 34.8 Å². The van der Waals surface area contributed by atoms with Gasteiger partial charge in [0.1, 0.15) is 5.75 Å². The fourth-order valence-corrected chi connectivity index (χ4v) is 3.58. The highest BCUT2D eigenvalue weighted by atomic mass is 35.5. The molecule has 1 heterocycles. The first-order valence-electron chi connectivity index (χ1n) is 8.07. The molecule has 1 fully saturated rings. The van der Waals surface area contributed by atoms with Gasteiger partial charge in [-0.2, -0.15) is 0 Å². The molecular weight excluding hydrogens is 413 g/mol. The van der Waals surface area contributed by atoms with Gasteiger partial charge in [0.25, 0.3) is 0 Å². The molecule has 2 aromatic carbocycles. The van der Waals surface area contributed by atoms with E-state index in [2.05, 4.69) is 15.1 Å². The predicted molar refractivity (Wildman–Crippen MR) is 114 cm³/mol. The quantitative estimate of drug-likeness (QED) is 0.678. The van der Waals surface area contributed by atoms with E-state index in [0.717, 1.165) is 37.6 Å². The Kier molecular flexibility index (Phi) is 6.35. The van der Waals surface area contributed by atoms with Crippen LogP contribution >= 0.6 is 47.0 Å². The van der Waals surface area contributed by atoms with Crippen LogP contribution in [-0.2, 0) is 0 Å². The summed E-state index contributed by atoms with van der Waals surface area (Å²) in [6.45, 7) is 3.28. The van der Waals surface area contributed by atoms with Crippen LogP contribution in [0.5, 0.6) is 5.75 Å². The topological polar surface area (TPSA) is 27.7 Å². The number of nitrogens with one attached hydrogen (secondary N) is 1. The molecule has 4 nitrogen and oxygen atoms in total. The van der Waals surface area contributed by atoms with E-state index in [9.17, 15) is 0 Å². The molecular formula is C18H18Cl3N3OS. The second-order valence-electron chi connectivity index (χ2n) is 5.85. The Hall–Kier alpha value is -1.40. The summed E-state index contributed by atoms with van der Waals surface area (Å²) in [6, 6.07) is 11.1. The maximum atomic E-state index is 6.12. The van der Waals surface area contributed by atoms with E-state index in [4.69, 9.17) is 51.8 Å². The third-order valence-electron chi connectivity index (χ3n) is 4.24. The Morgan fingerprint density at radius 3 is 2.38 bits per heavy atom. The van der Waals surface area contributed by atoms with Gasteiger partial charge in [-0.3, -0.25) is 0 Å². The van der Waals surface area contributed by atoms with Crippen molar-refractivity contribution in [1.82, 2.24) is 4.90 Å². The zero-order chi connectivity index (χ0) is 18.7. The second-order valence-corrected chi connectivity index (χ2v) is 7.48. The van der Waals surface area contributed by atoms with Crippen molar-refractivity contribution in [1.29, 1.82) is 0 Å². The number of anilines is 2. The Morgan fingerprint density at radius 1 is 1.00 bits per heavy atom. The molecule has 1 aliphatic heterocycles. The van der Waals surface area contributed by atoms with Gasteiger partial charge in [0.2, 0.25) is 0 Å². The Bertz CT molecular complexity index is 810. The lowest BCUT2D eigenvalue weighted by Crippen LogP contribution is -2.50. The van der Waals surface area contributed by atoms with Crippen molar-refractivity contribution in [2.45, 2.75) is 0 Å². The van der Waals surface area contributed by atoms with E-state index in [1.54, 1.807) is 19.2 Å². The number of hydrogen-bond donors (Lipinski definition) is 1. The number of thiocarbonyl (C=S) groups is 1. The van der Waals surface area contributed by atoms with Gasteiger partial charge in [0.05, 0.1) is 22.8 Å². The first-order chi connectivity index (χ1) is 12.5. The van der Waals surface area contributed by atoms with Gasteiger partial charge in [-0.05, 0) is 48.6 Å². The predicted octanol–water partition coefficient (Wildman–Crippen LogP) is 5.17. The molecule has 3 rings (SSSR count). The Balaban J connectivity index is 1.62. The smallest absolute Gasteiger partial charge is 0.173 e. The van der Waals surface area contributed by atoms with Crippen molar-refractivity contribution in [3.8, 4) is 5.75 Å². The summed E-state index contributed by atoms with van der Waals surface area (Å²) in [5.41, 5.74) is 1.83. The minimum absolute atomic E-state index is 0.565. The van der Waals surface area contributed by atoms with E-state index in [1.807, 2.05) is 24.3 Å². The molecule has 0 amide bonds. The van der Waals surface area contributed by atoms with Gasteiger partial charge >= 0.3 is 0 Å². The molecule has 0 bridgehead atoms. The van der Waals surface area contributed by atoms with Gasteiger partial charge < -0.3 is 19.9 Å². The van der Waals surface area contributed by atoms with Crippen molar-refractivity contribution < 1.29 is 4.74 Å². The normalized spacial score (nSPS) is 14.3. The minimum atomic E-state index is 0.565. The molecule has 1 aliphatic rings. The summed E-state index contributed by atoms with van der Waals surface area (Å²) < 4.78 is 5.35. The third-order valence-corrected chi connectivity index (χ3v) is 5.57. The largest absolute Gasteiger partial charge is 0.495 e. The number of ether oxygens (including phenoxy) is 1. The molecule has 0 radical (unpaired) electrons. The van der Waals surface area contributed by atoms with Crippen molar-refractivity contribution in [3.05, 3.63) is 51.5 Å². The zero-order valence-corrected chi connectivity index (χ0v) is 17.2. The Morgan fingerprint density at radius 2 is 1.73 bits per heavy atom. The summed E-state index contributed by atoms with van der Waals surface area (Å²) in [6.07, 6.45) is 0. The highest BCUT2D eigenvalue weighted by molar-refractivity contribution is 7.80. The van der Waals surface area contributed by atoms with Crippen LogP contribution in [0.2, 0.25) is 15.1 Å². The van der Waals surface area contributed by atoms with Crippen LogP contribution in [0.1, 0.15) is 0 Å². The molecule has 0 aromatic heterocycles. The molecule has 2 aromatic rings. The van der Waals surface area contributed by atoms with E-state index >= 15 is 0 Å². The van der Waals surface area contributed by atoms with Gasteiger partial charge in [0, 0.05) is 36.9 Å². The van der Waals surface area contributed by atoms with Crippen LogP contribution in [0.15, 0.2) is 36.4 Å². The van der Waals surface area contributed by atoms with Crippen LogP contribution in [0.25, 0.3) is 0 Å². The second kappa shape index (κ2) is 8.53. The summed E-state index contributed by atoms with van der Waals surface area (Å²) in [5, 5.41) is 5.64. The molecule has 8 heteroatoms. The fraction of sp³-hybridized carbons (Fsp3) is 0.278. The third kappa shape index (κ3) is 4.46. The summed E-state index contributed by atoms with van der Waals surface area (Å²) in [7, 11) is 1.62. The maximum absolute atomic E-state index is 6.12. The highest BCUT2D eigenvalue weighted by Crippen LogP contribution is 2.29. The van der Waals surface area contributed by atoms with Crippen molar-refractivity contribution in [3.63, 3.8) is 0 Å². The minimum Gasteiger partial charge on any atom is -0.495 e. The number of methoxy groups -OCH3 is 1. The van der Waals surface area contributed by atoms with E-state index in [-0.39, 0.29) is 0 Å². The summed E-state index contributed by atoms with van der Waals surface area (Å²) >= 11 is 23.7. The number of nitrogens with zero attached hydrogens (tertiary/aromatic N) is 2. The highest BCUT2D eigenvalue weighted by Gasteiger charge is 2.20. The number of hydrogen-bond acceptors (Lipinski definition) is 3. The van der Waals surface area contributed by atoms with E-state index in [0.29, 0.717) is 25.9 Å². The van der Waals surface area contributed by atoms with Crippen molar-refractivity contribution in [2.75, 3.05) is 43.5 Å². The van der Waals surface area contributed by atoms with Crippen LogP contribution in [-0.4, -0.2) is 43.3 Å². The van der Waals surface area contributed by atoms with Crippen molar-refractivity contribution in [2.24, 2.45) is 0 Å². The molecule has 138 valence electrons. The Labute approximate surface area is 173 Å². The van der Waals surface area contributed by atoms with Crippen LogP contribution in [0, 0.1) is 0 Å². The fourth-order valence-electron chi connectivity index (χ4n) is 2.82. The van der Waals surface area contributed by atoms with Gasteiger partial charge in [-0.25, -0.2) is 0 Å². The molecule has 1 saturated heterocycles. The average Bonchev–Trinajstić information content (AvgIpc) is 2.64. The van der Waals surface area contributed by atoms with Crippen LogP contribution < -0.4 is 15.0 Å². The van der Waals surface area contributed by atoms with Crippen LogP contribution in [0.3, 0.4) is 0 Å². The number of rotatable bonds is 3. The molecule has 0 aliphatic carbocycles. The number of piperazine rings is 1. The van der Waals surface area contributed by atoms with Crippen molar-refractivity contribution >= 4 is 63.5 Å². The molecule has 0 spiro atoms. The maximum Gasteiger partial charge on any atom is 0.173 e. The standard InChI is InChI=1S/C18H18Cl3N3OS/c1-25-17-5-2-12(19)10-16(17)22-18(26)24-8-6-23(7-9-24)13-3-4-14(20)15(21)11-13/h2-5,10-11H,6-9H2,1H3,(H,22,26). The van der Waals surface area contributed by atoms with E-state index in [1.165, 1.54) is 0 Å². The summed E-state index contributed by atoms with van der Waals surface area (Å²) in [4.78, 5) is 4.39. The lowest BCUT2D eigenvalue weighted by Gasteiger charge is -2.37. The molecule has 1 N–H and O–H groups in total. The summed E-state index contributed by atoms with van der Waals surface area (Å²) in [5.74, 6) is 0.700. The lowest BCUT2D eigenvalue weighted by atomic mass is 10.2. The monoisotopic (exact) mass is 429 g/mol. The SMILES string of the molecule is COc1ccc(Cl)cc1NC(=S)N1CCN(c2ccc(Cl)c(Cl)c2)CC1. The number of halogens is 3. The molecule has 26 heavy (non-hydrogen) atoms. The molecule has 0 saturated carbocycles. The van der Waals surface area contributed by atoms with Crippen LogP contribution in [0.4, 0.5) is 11.4 Å². The lowest BCUT2D eigenvalue weighted by molar-refractivity contribution is 0.390.